The number of anilines is 1. The number of nitrogens with one attached hydrogen (secondary N) is 1. The van der Waals surface area contributed by atoms with Crippen molar-refractivity contribution >= 4 is 11.6 Å². The standard InChI is InChI=1S/C12H20N4O2/c1-4-9-6-18-7(2)5-16(9)12(17)11-10(13)8(3)14-15-11/h7,9H,4-6,13H2,1-3H3,(H,14,15). The Morgan fingerprint density at radius 3 is 2.94 bits per heavy atom. The number of nitrogens with zero attached hydrogens (tertiary/aromatic N) is 2. The van der Waals surface area contributed by atoms with Crippen molar-refractivity contribution in [2.45, 2.75) is 39.3 Å². The molecule has 0 aliphatic carbocycles. The molecule has 0 spiro atoms. The monoisotopic (exact) mass is 252 g/mol. The number of aryl methyl sites for hydroxylation is 1. The van der Waals surface area contributed by atoms with E-state index >= 15 is 0 Å². The number of carbonyl (C=O) groups excluding carboxylic acids is 1. The molecule has 2 unspecified atom stereocenters. The molecule has 0 saturated carbocycles. The highest BCUT2D eigenvalue weighted by Gasteiger charge is 2.32. The lowest BCUT2D eigenvalue weighted by Gasteiger charge is -2.38. The highest BCUT2D eigenvalue weighted by Crippen LogP contribution is 2.20. The normalized spacial score (nSPS) is 24.3. The second-order valence-corrected chi connectivity index (χ2v) is 4.77. The number of morpholine rings is 1. The van der Waals surface area contributed by atoms with E-state index in [1.807, 2.05) is 18.7 Å². The van der Waals surface area contributed by atoms with Gasteiger partial charge in [0.25, 0.3) is 5.91 Å². The summed E-state index contributed by atoms with van der Waals surface area (Å²) in [6, 6.07) is 0.102. The molecule has 2 rings (SSSR count). The molecule has 100 valence electrons. The zero-order valence-electron chi connectivity index (χ0n) is 11.1. The zero-order valence-corrected chi connectivity index (χ0v) is 11.1. The molecule has 1 amide bonds. The zero-order chi connectivity index (χ0) is 13.3. The van der Waals surface area contributed by atoms with Gasteiger partial charge in [-0.25, -0.2) is 0 Å². The third-order valence-electron chi connectivity index (χ3n) is 3.40. The van der Waals surface area contributed by atoms with Crippen molar-refractivity contribution in [3.05, 3.63) is 11.4 Å². The van der Waals surface area contributed by atoms with Crippen LogP contribution in [0.3, 0.4) is 0 Å². The number of rotatable bonds is 2. The molecular weight excluding hydrogens is 232 g/mol. The molecule has 1 aliphatic rings. The first-order chi connectivity index (χ1) is 8.54. The number of aromatic nitrogens is 2. The van der Waals surface area contributed by atoms with E-state index in [0.717, 1.165) is 12.1 Å². The van der Waals surface area contributed by atoms with Crippen molar-refractivity contribution in [2.75, 3.05) is 18.9 Å². The lowest BCUT2D eigenvalue weighted by Crippen LogP contribution is -2.51. The number of H-pyrrole nitrogens is 1. The number of nitrogens with two attached hydrogens (primary N) is 1. The van der Waals surface area contributed by atoms with E-state index in [1.165, 1.54) is 0 Å². The second-order valence-electron chi connectivity index (χ2n) is 4.77. The number of nitrogen functional groups attached to an aromatic ring is 1. The molecule has 0 aromatic carbocycles. The van der Waals surface area contributed by atoms with Gasteiger partial charge in [-0.3, -0.25) is 9.89 Å². The summed E-state index contributed by atoms with van der Waals surface area (Å²) in [6.07, 6.45) is 0.917. The van der Waals surface area contributed by atoms with Gasteiger partial charge in [0.2, 0.25) is 0 Å². The number of ether oxygens (including phenoxy) is 1. The van der Waals surface area contributed by atoms with Crippen LogP contribution in [0.1, 0.15) is 36.5 Å². The quantitative estimate of drug-likeness (QED) is 0.820. The number of aromatic amines is 1. The number of amides is 1. The molecule has 1 aromatic rings. The summed E-state index contributed by atoms with van der Waals surface area (Å²) in [6.45, 7) is 6.97. The van der Waals surface area contributed by atoms with Crippen LogP contribution in [0.2, 0.25) is 0 Å². The molecule has 2 atom stereocenters. The molecule has 1 fully saturated rings. The van der Waals surface area contributed by atoms with E-state index in [-0.39, 0.29) is 18.1 Å². The minimum absolute atomic E-state index is 0.0537. The van der Waals surface area contributed by atoms with Crippen LogP contribution in [-0.4, -0.2) is 46.3 Å². The van der Waals surface area contributed by atoms with Gasteiger partial charge in [0.15, 0.2) is 5.69 Å². The third-order valence-corrected chi connectivity index (χ3v) is 3.40. The third kappa shape index (κ3) is 2.20. The van der Waals surface area contributed by atoms with Gasteiger partial charge >= 0.3 is 0 Å². The van der Waals surface area contributed by atoms with Crippen LogP contribution in [0.4, 0.5) is 5.69 Å². The van der Waals surface area contributed by atoms with Gasteiger partial charge in [0, 0.05) is 6.54 Å². The maximum absolute atomic E-state index is 12.5. The fourth-order valence-corrected chi connectivity index (χ4v) is 2.17. The summed E-state index contributed by atoms with van der Waals surface area (Å²) in [5, 5.41) is 6.75. The molecular formula is C12H20N4O2. The van der Waals surface area contributed by atoms with Crippen molar-refractivity contribution in [1.82, 2.24) is 15.1 Å². The van der Waals surface area contributed by atoms with Crippen molar-refractivity contribution in [1.29, 1.82) is 0 Å². The summed E-state index contributed by atoms with van der Waals surface area (Å²) < 4.78 is 5.58. The average molecular weight is 252 g/mol. The molecule has 6 nitrogen and oxygen atoms in total. The Hall–Kier alpha value is -1.56. The molecule has 1 aliphatic heterocycles. The van der Waals surface area contributed by atoms with Gasteiger partial charge < -0.3 is 15.4 Å². The molecule has 1 saturated heterocycles. The molecule has 6 heteroatoms. The van der Waals surface area contributed by atoms with Crippen LogP contribution < -0.4 is 5.73 Å². The summed E-state index contributed by atoms with van der Waals surface area (Å²) in [5.74, 6) is -0.112. The highest BCUT2D eigenvalue weighted by atomic mass is 16.5. The summed E-state index contributed by atoms with van der Waals surface area (Å²) in [7, 11) is 0. The van der Waals surface area contributed by atoms with E-state index in [9.17, 15) is 4.79 Å². The van der Waals surface area contributed by atoms with Gasteiger partial charge in [0.1, 0.15) is 0 Å². The first-order valence-corrected chi connectivity index (χ1v) is 6.27. The van der Waals surface area contributed by atoms with Crippen molar-refractivity contribution in [3.8, 4) is 0 Å². The van der Waals surface area contributed by atoms with Gasteiger partial charge in [-0.1, -0.05) is 6.92 Å². The predicted molar refractivity (Wildman–Crippen MR) is 68.3 cm³/mol. The Balaban J connectivity index is 2.23. The van der Waals surface area contributed by atoms with Gasteiger partial charge in [-0.05, 0) is 20.3 Å². The van der Waals surface area contributed by atoms with Crippen molar-refractivity contribution in [3.63, 3.8) is 0 Å². The lowest BCUT2D eigenvalue weighted by molar-refractivity contribution is -0.0445. The number of carbonyl (C=O) groups is 1. The fourth-order valence-electron chi connectivity index (χ4n) is 2.17. The molecule has 2 heterocycles. The molecule has 3 N–H and O–H groups in total. The Labute approximate surface area is 106 Å². The largest absolute Gasteiger partial charge is 0.395 e. The maximum Gasteiger partial charge on any atom is 0.276 e. The van der Waals surface area contributed by atoms with E-state index in [4.69, 9.17) is 10.5 Å². The summed E-state index contributed by atoms with van der Waals surface area (Å²) in [5.41, 5.74) is 7.35. The number of hydrogen-bond donors (Lipinski definition) is 2. The Bertz CT molecular complexity index is 443. The van der Waals surface area contributed by atoms with E-state index in [2.05, 4.69) is 10.2 Å². The Morgan fingerprint density at radius 2 is 2.39 bits per heavy atom. The predicted octanol–water partition coefficient (Wildman–Crippen LogP) is 0.940. The minimum Gasteiger partial charge on any atom is -0.395 e. The van der Waals surface area contributed by atoms with E-state index in [0.29, 0.717) is 24.5 Å². The molecule has 0 bridgehead atoms. The second kappa shape index (κ2) is 4.97. The van der Waals surface area contributed by atoms with Crippen LogP contribution in [0.25, 0.3) is 0 Å². The van der Waals surface area contributed by atoms with Crippen molar-refractivity contribution < 1.29 is 9.53 Å². The number of hydrogen-bond acceptors (Lipinski definition) is 4. The van der Waals surface area contributed by atoms with E-state index in [1.54, 1.807) is 6.92 Å². The minimum atomic E-state index is -0.112. The van der Waals surface area contributed by atoms with Crippen LogP contribution in [0.5, 0.6) is 0 Å². The summed E-state index contributed by atoms with van der Waals surface area (Å²) >= 11 is 0. The van der Waals surface area contributed by atoms with Gasteiger partial charge in [0.05, 0.1) is 30.1 Å². The smallest absolute Gasteiger partial charge is 0.276 e. The Kier molecular flexibility index (Phi) is 3.56. The molecule has 0 radical (unpaired) electrons. The molecule has 18 heavy (non-hydrogen) atoms. The van der Waals surface area contributed by atoms with Gasteiger partial charge in [-0.2, -0.15) is 5.10 Å². The Morgan fingerprint density at radius 1 is 1.67 bits per heavy atom. The maximum atomic E-state index is 12.5. The van der Waals surface area contributed by atoms with Gasteiger partial charge in [-0.15, -0.1) is 0 Å². The first kappa shape index (κ1) is 12.9. The van der Waals surface area contributed by atoms with E-state index < -0.39 is 0 Å². The SMILES string of the molecule is CCC1COC(C)CN1C(=O)c1n[nH]c(C)c1N. The van der Waals surface area contributed by atoms with Crippen LogP contribution in [0.15, 0.2) is 0 Å². The summed E-state index contributed by atoms with van der Waals surface area (Å²) in [4.78, 5) is 14.3. The van der Waals surface area contributed by atoms with Crippen molar-refractivity contribution in [2.24, 2.45) is 0 Å². The van der Waals surface area contributed by atoms with Crippen LogP contribution in [0, 0.1) is 6.92 Å². The highest BCUT2D eigenvalue weighted by molar-refractivity contribution is 5.97. The first-order valence-electron chi connectivity index (χ1n) is 6.27. The molecule has 1 aromatic heterocycles. The van der Waals surface area contributed by atoms with Crippen LogP contribution in [-0.2, 0) is 4.74 Å². The fraction of sp³-hybridized carbons (Fsp3) is 0.667. The van der Waals surface area contributed by atoms with Crippen LogP contribution >= 0.6 is 0 Å². The average Bonchev–Trinajstić information content (AvgIpc) is 2.69. The topological polar surface area (TPSA) is 84.2 Å². The lowest BCUT2D eigenvalue weighted by atomic mass is 10.1.